The number of benzene rings is 2. The first kappa shape index (κ1) is 17.7. The molecule has 0 atom stereocenters. The maximum absolute atomic E-state index is 12.3. The number of hydrazone groups is 1. The minimum absolute atomic E-state index is 0.266. The molecule has 0 fully saturated rings. The van der Waals surface area contributed by atoms with Crippen LogP contribution in [0.3, 0.4) is 0 Å². The molecule has 0 saturated heterocycles. The van der Waals surface area contributed by atoms with Gasteiger partial charge in [0.05, 0.1) is 23.9 Å². The highest BCUT2D eigenvalue weighted by Gasteiger charge is 2.10. The van der Waals surface area contributed by atoms with E-state index >= 15 is 0 Å². The second-order valence-electron chi connectivity index (χ2n) is 5.81. The SMILES string of the molecule is CCOc1ccc(C=NNC(=O)c2ccc3c(c2)nc(C)n3CC)cc1. The second-order valence-corrected chi connectivity index (χ2v) is 5.81. The lowest BCUT2D eigenvalue weighted by atomic mass is 10.2. The number of imidazole rings is 1. The predicted octanol–water partition coefficient (Wildman–Crippen LogP) is 3.53. The van der Waals surface area contributed by atoms with Gasteiger partial charge in [-0.25, -0.2) is 10.4 Å². The van der Waals surface area contributed by atoms with Gasteiger partial charge in [0, 0.05) is 12.1 Å². The largest absolute Gasteiger partial charge is 0.494 e. The van der Waals surface area contributed by atoms with Crippen molar-refractivity contribution < 1.29 is 9.53 Å². The van der Waals surface area contributed by atoms with Crippen molar-refractivity contribution in [2.75, 3.05) is 6.61 Å². The lowest BCUT2D eigenvalue weighted by Gasteiger charge is -2.03. The molecule has 134 valence electrons. The summed E-state index contributed by atoms with van der Waals surface area (Å²) >= 11 is 0. The monoisotopic (exact) mass is 350 g/mol. The Bertz CT molecular complexity index is 942. The van der Waals surface area contributed by atoms with Crippen molar-refractivity contribution in [2.24, 2.45) is 5.10 Å². The molecule has 0 spiro atoms. The van der Waals surface area contributed by atoms with Gasteiger partial charge in [0.15, 0.2) is 0 Å². The molecule has 1 aromatic heterocycles. The summed E-state index contributed by atoms with van der Waals surface area (Å²) in [6.07, 6.45) is 1.60. The number of hydrogen-bond acceptors (Lipinski definition) is 4. The highest BCUT2D eigenvalue weighted by atomic mass is 16.5. The number of carbonyl (C=O) groups excluding carboxylic acids is 1. The smallest absolute Gasteiger partial charge is 0.271 e. The van der Waals surface area contributed by atoms with E-state index in [2.05, 4.69) is 27.0 Å². The lowest BCUT2D eigenvalue weighted by molar-refractivity contribution is 0.0955. The number of amides is 1. The Morgan fingerprint density at radius 2 is 2.00 bits per heavy atom. The second kappa shape index (κ2) is 7.82. The molecule has 0 bridgehead atoms. The Labute approximate surface area is 152 Å². The van der Waals surface area contributed by atoms with Gasteiger partial charge < -0.3 is 9.30 Å². The fourth-order valence-corrected chi connectivity index (χ4v) is 2.84. The fourth-order valence-electron chi connectivity index (χ4n) is 2.84. The van der Waals surface area contributed by atoms with Crippen LogP contribution in [0.1, 0.15) is 35.6 Å². The zero-order chi connectivity index (χ0) is 18.5. The van der Waals surface area contributed by atoms with E-state index in [1.165, 1.54) is 0 Å². The summed E-state index contributed by atoms with van der Waals surface area (Å²) in [5.74, 6) is 1.48. The van der Waals surface area contributed by atoms with E-state index < -0.39 is 0 Å². The normalized spacial score (nSPS) is 11.2. The third kappa shape index (κ3) is 3.74. The Morgan fingerprint density at radius 1 is 1.23 bits per heavy atom. The molecule has 0 unspecified atom stereocenters. The van der Waals surface area contributed by atoms with Gasteiger partial charge in [0.25, 0.3) is 5.91 Å². The molecule has 26 heavy (non-hydrogen) atoms. The Balaban J connectivity index is 1.68. The van der Waals surface area contributed by atoms with Crippen LogP contribution >= 0.6 is 0 Å². The van der Waals surface area contributed by atoms with Crippen LogP contribution in [0, 0.1) is 6.92 Å². The topological polar surface area (TPSA) is 68.5 Å². The summed E-state index contributed by atoms with van der Waals surface area (Å²) in [5.41, 5.74) is 5.80. The average molecular weight is 350 g/mol. The highest BCUT2D eigenvalue weighted by molar-refractivity contribution is 5.97. The van der Waals surface area contributed by atoms with Crippen molar-refractivity contribution in [1.82, 2.24) is 15.0 Å². The van der Waals surface area contributed by atoms with Gasteiger partial charge in [-0.1, -0.05) is 0 Å². The maximum Gasteiger partial charge on any atom is 0.271 e. The van der Waals surface area contributed by atoms with Crippen LogP contribution in [0.2, 0.25) is 0 Å². The Morgan fingerprint density at radius 3 is 2.69 bits per heavy atom. The molecule has 6 heteroatoms. The van der Waals surface area contributed by atoms with Crippen LogP contribution in [0.25, 0.3) is 11.0 Å². The highest BCUT2D eigenvalue weighted by Crippen LogP contribution is 2.17. The van der Waals surface area contributed by atoms with E-state index in [1.54, 1.807) is 18.3 Å². The number of aryl methyl sites for hydroxylation is 2. The van der Waals surface area contributed by atoms with Gasteiger partial charge in [0.2, 0.25) is 0 Å². The van der Waals surface area contributed by atoms with Crippen molar-refractivity contribution in [1.29, 1.82) is 0 Å². The van der Waals surface area contributed by atoms with Gasteiger partial charge in [0.1, 0.15) is 11.6 Å². The minimum atomic E-state index is -0.266. The molecular weight excluding hydrogens is 328 g/mol. The Hall–Kier alpha value is -3.15. The molecule has 2 aromatic carbocycles. The molecule has 0 aliphatic carbocycles. The van der Waals surface area contributed by atoms with Crippen LogP contribution < -0.4 is 10.2 Å². The zero-order valence-electron chi connectivity index (χ0n) is 15.2. The number of carbonyl (C=O) groups is 1. The van der Waals surface area contributed by atoms with Gasteiger partial charge >= 0.3 is 0 Å². The number of ether oxygens (including phenoxy) is 1. The van der Waals surface area contributed by atoms with Crippen molar-refractivity contribution in [3.05, 3.63) is 59.4 Å². The van der Waals surface area contributed by atoms with E-state index in [-0.39, 0.29) is 5.91 Å². The minimum Gasteiger partial charge on any atom is -0.494 e. The molecule has 1 amide bonds. The molecule has 0 aliphatic heterocycles. The van der Waals surface area contributed by atoms with Gasteiger partial charge in [-0.15, -0.1) is 0 Å². The van der Waals surface area contributed by atoms with Crippen molar-refractivity contribution in [3.8, 4) is 5.75 Å². The van der Waals surface area contributed by atoms with E-state index in [0.29, 0.717) is 12.2 Å². The zero-order valence-corrected chi connectivity index (χ0v) is 15.2. The molecule has 0 saturated carbocycles. The Kier molecular flexibility index (Phi) is 5.31. The van der Waals surface area contributed by atoms with E-state index in [9.17, 15) is 4.79 Å². The fraction of sp³-hybridized carbons (Fsp3) is 0.250. The van der Waals surface area contributed by atoms with Gasteiger partial charge in [-0.3, -0.25) is 4.79 Å². The molecule has 1 N–H and O–H groups in total. The van der Waals surface area contributed by atoms with Crippen molar-refractivity contribution in [3.63, 3.8) is 0 Å². The van der Waals surface area contributed by atoms with Gasteiger partial charge in [-0.2, -0.15) is 5.10 Å². The van der Waals surface area contributed by atoms with Crippen LogP contribution in [0.15, 0.2) is 47.6 Å². The summed E-state index contributed by atoms with van der Waals surface area (Å²) in [4.78, 5) is 16.8. The lowest BCUT2D eigenvalue weighted by Crippen LogP contribution is -2.17. The quantitative estimate of drug-likeness (QED) is 0.546. The third-order valence-corrected chi connectivity index (χ3v) is 4.09. The summed E-state index contributed by atoms with van der Waals surface area (Å²) in [5, 5.41) is 4.02. The van der Waals surface area contributed by atoms with E-state index in [4.69, 9.17) is 4.74 Å². The number of hydrogen-bond donors (Lipinski definition) is 1. The molecule has 0 aliphatic rings. The van der Waals surface area contributed by atoms with Gasteiger partial charge in [-0.05, 0) is 68.8 Å². The summed E-state index contributed by atoms with van der Waals surface area (Å²) in [6, 6.07) is 13.0. The average Bonchev–Trinajstić information content (AvgIpc) is 2.97. The molecule has 1 heterocycles. The summed E-state index contributed by atoms with van der Waals surface area (Å²) < 4.78 is 7.50. The first-order valence-electron chi connectivity index (χ1n) is 8.65. The predicted molar refractivity (Wildman–Crippen MR) is 103 cm³/mol. The number of nitrogens with zero attached hydrogens (tertiary/aromatic N) is 3. The number of nitrogens with one attached hydrogen (secondary N) is 1. The van der Waals surface area contributed by atoms with Crippen LogP contribution in [0.5, 0.6) is 5.75 Å². The number of aromatic nitrogens is 2. The first-order valence-corrected chi connectivity index (χ1v) is 8.65. The standard InChI is InChI=1S/C20H22N4O2/c1-4-24-14(3)22-18-12-16(8-11-19(18)24)20(25)23-21-13-15-6-9-17(10-7-15)26-5-2/h6-13H,4-5H2,1-3H3,(H,23,25). The number of fused-ring (bicyclic) bond motifs is 1. The maximum atomic E-state index is 12.3. The summed E-state index contributed by atoms with van der Waals surface area (Å²) in [7, 11) is 0. The van der Waals surface area contributed by atoms with Crippen LogP contribution in [-0.4, -0.2) is 28.3 Å². The van der Waals surface area contributed by atoms with Crippen LogP contribution in [-0.2, 0) is 6.54 Å². The molecule has 0 radical (unpaired) electrons. The third-order valence-electron chi connectivity index (χ3n) is 4.09. The van der Waals surface area contributed by atoms with Crippen molar-refractivity contribution >= 4 is 23.2 Å². The number of rotatable bonds is 6. The molecule has 6 nitrogen and oxygen atoms in total. The van der Waals surface area contributed by atoms with E-state index in [0.717, 1.165) is 34.7 Å². The first-order chi connectivity index (χ1) is 12.6. The van der Waals surface area contributed by atoms with Crippen molar-refractivity contribution in [2.45, 2.75) is 27.3 Å². The van der Waals surface area contributed by atoms with Crippen LogP contribution in [0.4, 0.5) is 0 Å². The van der Waals surface area contributed by atoms with E-state index in [1.807, 2.05) is 44.2 Å². The molecule has 3 aromatic rings. The molecule has 3 rings (SSSR count). The molecular formula is C20H22N4O2. The summed E-state index contributed by atoms with van der Waals surface area (Å²) in [6.45, 7) is 7.45.